The first-order valence-electron chi connectivity index (χ1n) is 8.74. The molecule has 0 radical (unpaired) electrons. The Morgan fingerprint density at radius 2 is 2.10 bits per heavy atom. The molecular weight excluding hydrogens is 431 g/mol. The first-order chi connectivity index (χ1) is 14.4. The van der Waals surface area contributed by atoms with E-state index < -0.39 is 5.97 Å². The Kier molecular flexibility index (Phi) is 5.47. The van der Waals surface area contributed by atoms with Crippen LogP contribution in [0.3, 0.4) is 0 Å². The molecule has 0 atom stereocenters. The number of halogens is 2. The second kappa shape index (κ2) is 8.21. The third-order valence-electron chi connectivity index (χ3n) is 4.22. The van der Waals surface area contributed by atoms with Gasteiger partial charge in [0, 0.05) is 29.3 Å². The summed E-state index contributed by atoms with van der Waals surface area (Å²) >= 11 is 7.69. The molecule has 3 heterocycles. The van der Waals surface area contributed by atoms with Gasteiger partial charge in [-0.2, -0.15) is 5.10 Å². The number of thiazole rings is 1. The molecule has 7 nitrogen and oxygen atoms in total. The van der Waals surface area contributed by atoms with Gasteiger partial charge in [0.25, 0.3) is 5.56 Å². The van der Waals surface area contributed by atoms with Crippen LogP contribution in [0.25, 0.3) is 16.7 Å². The van der Waals surface area contributed by atoms with Crippen molar-refractivity contribution < 1.29 is 13.9 Å². The van der Waals surface area contributed by atoms with Crippen molar-refractivity contribution in [3.63, 3.8) is 0 Å². The van der Waals surface area contributed by atoms with Crippen LogP contribution in [-0.4, -0.2) is 25.1 Å². The highest BCUT2D eigenvalue weighted by Gasteiger charge is 2.13. The summed E-state index contributed by atoms with van der Waals surface area (Å²) in [4.78, 5) is 28.9. The Morgan fingerprint density at radius 1 is 1.33 bits per heavy atom. The molecular formula is C20H14ClFN4O3S. The van der Waals surface area contributed by atoms with E-state index in [1.807, 2.05) is 0 Å². The number of carbonyl (C=O) groups excluding carboxylic acids is 1. The number of carbonyl (C=O) groups is 1. The molecule has 0 N–H and O–H groups in total. The minimum Gasteiger partial charge on any atom is -0.456 e. The monoisotopic (exact) mass is 444 g/mol. The van der Waals surface area contributed by atoms with Crippen LogP contribution in [-0.2, 0) is 16.1 Å². The van der Waals surface area contributed by atoms with Crippen LogP contribution < -0.4 is 5.56 Å². The van der Waals surface area contributed by atoms with E-state index >= 15 is 0 Å². The van der Waals surface area contributed by atoms with E-state index in [0.29, 0.717) is 27.6 Å². The molecule has 0 spiro atoms. The SMILES string of the molecule is Cc1nn(-c2ccc(F)cc2)c(Cl)c1/C=C/C(=O)OCc1cc(=O)n2ccsc2n1. The van der Waals surface area contributed by atoms with E-state index in [1.165, 1.54) is 50.8 Å². The summed E-state index contributed by atoms with van der Waals surface area (Å²) in [5, 5.41) is 6.36. The zero-order valence-corrected chi connectivity index (χ0v) is 17.2. The van der Waals surface area contributed by atoms with Gasteiger partial charge in [0.05, 0.1) is 17.1 Å². The van der Waals surface area contributed by atoms with Crippen LogP contribution in [0.15, 0.2) is 52.8 Å². The predicted molar refractivity (Wildman–Crippen MR) is 111 cm³/mol. The van der Waals surface area contributed by atoms with Crippen molar-refractivity contribution in [2.24, 2.45) is 0 Å². The number of rotatable bonds is 5. The molecule has 0 saturated heterocycles. The minimum absolute atomic E-state index is 0.131. The molecule has 0 amide bonds. The normalized spacial score (nSPS) is 11.4. The number of hydrogen-bond acceptors (Lipinski definition) is 6. The van der Waals surface area contributed by atoms with Crippen molar-refractivity contribution in [3.8, 4) is 5.69 Å². The largest absolute Gasteiger partial charge is 0.456 e. The second-order valence-electron chi connectivity index (χ2n) is 6.26. The first kappa shape index (κ1) is 20.0. The summed E-state index contributed by atoms with van der Waals surface area (Å²) in [6.45, 7) is 1.61. The van der Waals surface area contributed by atoms with Crippen LogP contribution >= 0.6 is 22.9 Å². The van der Waals surface area contributed by atoms with E-state index in [1.54, 1.807) is 30.6 Å². The highest BCUT2D eigenvalue weighted by Crippen LogP contribution is 2.25. The smallest absolute Gasteiger partial charge is 0.331 e. The maximum Gasteiger partial charge on any atom is 0.331 e. The van der Waals surface area contributed by atoms with Gasteiger partial charge in [0.15, 0.2) is 4.96 Å². The molecule has 152 valence electrons. The number of ether oxygens (including phenoxy) is 1. The molecule has 30 heavy (non-hydrogen) atoms. The Labute approximate surface area is 178 Å². The summed E-state index contributed by atoms with van der Waals surface area (Å²) in [5.74, 6) is -0.981. The molecule has 0 saturated carbocycles. The molecule has 4 aromatic rings. The fraction of sp³-hybridized carbons (Fsp3) is 0.100. The van der Waals surface area contributed by atoms with Crippen molar-refractivity contribution >= 4 is 39.9 Å². The Balaban J connectivity index is 1.47. The molecule has 0 unspecified atom stereocenters. The Morgan fingerprint density at radius 3 is 2.87 bits per heavy atom. The lowest BCUT2D eigenvalue weighted by molar-refractivity contribution is -0.139. The summed E-state index contributed by atoms with van der Waals surface area (Å²) in [5.41, 5.74) is 1.84. The van der Waals surface area contributed by atoms with E-state index in [4.69, 9.17) is 16.3 Å². The minimum atomic E-state index is -0.617. The maximum absolute atomic E-state index is 13.1. The van der Waals surface area contributed by atoms with Gasteiger partial charge in [0.1, 0.15) is 17.6 Å². The van der Waals surface area contributed by atoms with Crippen LogP contribution in [0.4, 0.5) is 4.39 Å². The average Bonchev–Trinajstić information content (AvgIpc) is 3.30. The van der Waals surface area contributed by atoms with Gasteiger partial charge in [-0.25, -0.2) is 18.9 Å². The zero-order valence-electron chi connectivity index (χ0n) is 15.6. The van der Waals surface area contributed by atoms with Gasteiger partial charge in [-0.05, 0) is 37.3 Å². The fourth-order valence-electron chi connectivity index (χ4n) is 2.76. The van der Waals surface area contributed by atoms with Crippen LogP contribution in [0.5, 0.6) is 0 Å². The van der Waals surface area contributed by atoms with Gasteiger partial charge < -0.3 is 4.74 Å². The molecule has 4 rings (SSSR count). The molecule has 3 aromatic heterocycles. The molecule has 0 aliphatic rings. The van der Waals surface area contributed by atoms with Crippen LogP contribution in [0.1, 0.15) is 17.0 Å². The van der Waals surface area contributed by atoms with Crippen molar-refractivity contribution in [2.75, 3.05) is 0 Å². The van der Waals surface area contributed by atoms with E-state index in [-0.39, 0.29) is 23.1 Å². The molecule has 0 fully saturated rings. The molecule has 0 aliphatic heterocycles. The summed E-state index contributed by atoms with van der Waals surface area (Å²) < 4.78 is 21.2. The van der Waals surface area contributed by atoms with Gasteiger partial charge in [0.2, 0.25) is 0 Å². The third kappa shape index (κ3) is 4.03. The summed E-state index contributed by atoms with van der Waals surface area (Å²) in [6, 6.07) is 7.04. The lowest BCUT2D eigenvalue weighted by Gasteiger charge is -2.03. The number of fused-ring (bicyclic) bond motifs is 1. The molecule has 10 heteroatoms. The number of aromatic nitrogens is 4. The van der Waals surface area contributed by atoms with Crippen molar-refractivity contribution in [1.29, 1.82) is 0 Å². The lowest BCUT2D eigenvalue weighted by atomic mass is 10.2. The summed E-state index contributed by atoms with van der Waals surface area (Å²) in [6.07, 6.45) is 4.35. The highest BCUT2D eigenvalue weighted by atomic mass is 35.5. The Bertz CT molecular complexity index is 1320. The average molecular weight is 445 g/mol. The van der Waals surface area contributed by atoms with E-state index in [2.05, 4.69) is 10.1 Å². The Hall–Kier alpha value is -3.30. The van der Waals surface area contributed by atoms with E-state index in [0.717, 1.165) is 0 Å². The molecule has 0 aliphatic carbocycles. The maximum atomic E-state index is 13.1. The van der Waals surface area contributed by atoms with Crippen molar-refractivity contribution in [3.05, 3.63) is 86.3 Å². The number of benzene rings is 1. The predicted octanol–water partition coefficient (Wildman–Crippen LogP) is 3.80. The van der Waals surface area contributed by atoms with Gasteiger partial charge in [-0.3, -0.25) is 9.20 Å². The van der Waals surface area contributed by atoms with Gasteiger partial charge >= 0.3 is 5.97 Å². The standard InChI is InChI=1S/C20H14ClFN4O3S/c1-12-16(19(21)26(24-12)15-4-2-13(22)3-5-15)6-7-18(28)29-11-14-10-17(27)25-8-9-30-20(25)23-14/h2-10H,11H2,1H3/b7-6+. The highest BCUT2D eigenvalue weighted by molar-refractivity contribution is 7.15. The van der Waals surface area contributed by atoms with Gasteiger partial charge in [-0.1, -0.05) is 11.6 Å². The number of hydrogen-bond donors (Lipinski definition) is 0. The quantitative estimate of drug-likeness (QED) is 0.345. The van der Waals surface area contributed by atoms with Crippen LogP contribution in [0, 0.1) is 12.7 Å². The first-order valence-corrected chi connectivity index (χ1v) is 10.00. The number of esters is 1. The zero-order chi connectivity index (χ0) is 21.3. The topological polar surface area (TPSA) is 78.5 Å². The molecule has 1 aromatic carbocycles. The lowest BCUT2D eigenvalue weighted by Crippen LogP contribution is -2.14. The molecule has 0 bridgehead atoms. The van der Waals surface area contributed by atoms with Crippen molar-refractivity contribution in [1.82, 2.24) is 19.2 Å². The fourth-order valence-corrected chi connectivity index (χ4v) is 3.83. The van der Waals surface area contributed by atoms with Crippen molar-refractivity contribution in [2.45, 2.75) is 13.5 Å². The van der Waals surface area contributed by atoms with Gasteiger partial charge in [-0.15, -0.1) is 11.3 Å². The summed E-state index contributed by atoms with van der Waals surface area (Å²) in [7, 11) is 0. The number of aryl methyl sites for hydroxylation is 1. The van der Waals surface area contributed by atoms with Crippen LogP contribution in [0.2, 0.25) is 5.15 Å². The second-order valence-corrected chi connectivity index (χ2v) is 7.49. The third-order valence-corrected chi connectivity index (χ3v) is 5.34. The number of nitrogens with zero attached hydrogens (tertiary/aromatic N) is 4. The van der Waals surface area contributed by atoms with E-state index in [9.17, 15) is 14.0 Å².